The van der Waals surface area contributed by atoms with Crippen molar-refractivity contribution in [2.45, 2.75) is 6.10 Å². The van der Waals surface area contributed by atoms with Gasteiger partial charge in [-0.15, -0.1) is 0 Å². The average molecular weight is 254 g/mol. The van der Waals surface area contributed by atoms with E-state index in [4.69, 9.17) is 4.74 Å². The van der Waals surface area contributed by atoms with Crippen LogP contribution in [0.4, 0.5) is 0 Å². The fourth-order valence-electron chi connectivity index (χ4n) is 2.38. The second kappa shape index (κ2) is 4.86. The Bertz CT molecular complexity index is 592. The van der Waals surface area contributed by atoms with Crippen molar-refractivity contribution in [2.75, 3.05) is 6.61 Å². The first-order chi connectivity index (χ1) is 9.27. The van der Waals surface area contributed by atoms with Crippen LogP contribution in [-0.4, -0.2) is 17.5 Å². The van der Waals surface area contributed by atoms with E-state index in [1.54, 1.807) is 18.2 Å². The molecule has 3 nitrogen and oxygen atoms in total. The number of para-hydroxylation sites is 1. The van der Waals surface area contributed by atoms with Crippen molar-refractivity contribution in [3.8, 4) is 5.75 Å². The molecule has 0 fully saturated rings. The van der Waals surface area contributed by atoms with E-state index in [0.29, 0.717) is 16.9 Å². The predicted molar refractivity (Wildman–Crippen MR) is 71.2 cm³/mol. The fourth-order valence-corrected chi connectivity index (χ4v) is 2.38. The SMILES string of the molecule is O=C(c1ccccc1)[C@@H]1COc2ccccc2[C@H]1O. The number of carbonyl (C=O) groups excluding carboxylic acids is 1. The number of hydrogen-bond donors (Lipinski definition) is 1. The van der Waals surface area contributed by atoms with Gasteiger partial charge in [-0.25, -0.2) is 0 Å². The highest BCUT2D eigenvalue weighted by atomic mass is 16.5. The average Bonchev–Trinajstić information content (AvgIpc) is 2.48. The number of carbonyl (C=O) groups is 1. The Labute approximate surface area is 111 Å². The summed E-state index contributed by atoms with van der Waals surface area (Å²) >= 11 is 0. The maximum absolute atomic E-state index is 12.4. The van der Waals surface area contributed by atoms with Crippen molar-refractivity contribution >= 4 is 5.78 Å². The summed E-state index contributed by atoms with van der Waals surface area (Å²) in [6.07, 6.45) is -0.808. The second-order valence-corrected chi connectivity index (χ2v) is 4.63. The lowest BCUT2D eigenvalue weighted by atomic mass is 9.87. The van der Waals surface area contributed by atoms with Crippen LogP contribution in [0.3, 0.4) is 0 Å². The Morgan fingerprint density at radius 3 is 2.53 bits per heavy atom. The number of ketones is 1. The van der Waals surface area contributed by atoms with Crippen LogP contribution in [0.2, 0.25) is 0 Å². The largest absolute Gasteiger partial charge is 0.492 e. The molecule has 0 bridgehead atoms. The lowest BCUT2D eigenvalue weighted by Crippen LogP contribution is -2.32. The molecule has 1 heterocycles. The van der Waals surface area contributed by atoms with E-state index < -0.39 is 12.0 Å². The number of ether oxygens (including phenoxy) is 1. The van der Waals surface area contributed by atoms with Gasteiger partial charge < -0.3 is 9.84 Å². The molecule has 3 heteroatoms. The van der Waals surface area contributed by atoms with Gasteiger partial charge in [0.1, 0.15) is 12.4 Å². The Kier molecular flexibility index (Phi) is 3.05. The Morgan fingerprint density at radius 2 is 1.74 bits per heavy atom. The van der Waals surface area contributed by atoms with Crippen molar-refractivity contribution in [3.63, 3.8) is 0 Å². The van der Waals surface area contributed by atoms with E-state index in [0.717, 1.165) is 0 Å². The quantitative estimate of drug-likeness (QED) is 0.838. The molecule has 1 aliphatic heterocycles. The molecule has 2 atom stereocenters. The molecule has 0 saturated heterocycles. The highest BCUT2D eigenvalue weighted by Crippen LogP contribution is 2.36. The van der Waals surface area contributed by atoms with Crippen molar-refractivity contribution in [2.24, 2.45) is 5.92 Å². The van der Waals surface area contributed by atoms with Crippen molar-refractivity contribution in [1.29, 1.82) is 0 Å². The lowest BCUT2D eigenvalue weighted by molar-refractivity contribution is 0.0418. The van der Waals surface area contributed by atoms with Gasteiger partial charge in [0.25, 0.3) is 0 Å². The van der Waals surface area contributed by atoms with Gasteiger partial charge >= 0.3 is 0 Å². The molecular weight excluding hydrogens is 240 g/mol. The maximum Gasteiger partial charge on any atom is 0.172 e. The molecule has 0 spiro atoms. The first-order valence-corrected chi connectivity index (χ1v) is 6.26. The number of aliphatic hydroxyl groups is 1. The second-order valence-electron chi connectivity index (χ2n) is 4.63. The number of benzene rings is 2. The molecule has 3 rings (SSSR count). The summed E-state index contributed by atoms with van der Waals surface area (Å²) in [7, 11) is 0. The van der Waals surface area contributed by atoms with Crippen LogP contribution in [0, 0.1) is 5.92 Å². The van der Waals surface area contributed by atoms with Gasteiger partial charge in [-0.05, 0) is 6.07 Å². The number of fused-ring (bicyclic) bond motifs is 1. The third-order valence-electron chi connectivity index (χ3n) is 3.43. The van der Waals surface area contributed by atoms with Gasteiger partial charge in [0, 0.05) is 11.1 Å². The summed E-state index contributed by atoms with van der Waals surface area (Å²) < 4.78 is 5.57. The van der Waals surface area contributed by atoms with Gasteiger partial charge in [-0.2, -0.15) is 0 Å². The smallest absolute Gasteiger partial charge is 0.172 e. The van der Waals surface area contributed by atoms with Crippen molar-refractivity contribution in [3.05, 3.63) is 65.7 Å². The predicted octanol–water partition coefficient (Wildman–Crippen LogP) is 2.61. The van der Waals surface area contributed by atoms with Gasteiger partial charge in [0.05, 0.1) is 12.0 Å². The van der Waals surface area contributed by atoms with Crippen LogP contribution in [0.15, 0.2) is 54.6 Å². The van der Waals surface area contributed by atoms with Gasteiger partial charge in [0.2, 0.25) is 0 Å². The first-order valence-electron chi connectivity index (χ1n) is 6.26. The Hall–Kier alpha value is -2.13. The van der Waals surface area contributed by atoms with Gasteiger partial charge in [-0.3, -0.25) is 4.79 Å². The molecule has 1 N–H and O–H groups in total. The van der Waals surface area contributed by atoms with E-state index in [-0.39, 0.29) is 12.4 Å². The molecular formula is C16H14O3. The molecule has 0 radical (unpaired) electrons. The minimum absolute atomic E-state index is 0.0809. The molecule has 19 heavy (non-hydrogen) atoms. The summed E-state index contributed by atoms with van der Waals surface area (Å²) in [6, 6.07) is 16.3. The molecule has 2 aromatic carbocycles. The standard InChI is InChI=1S/C16H14O3/c17-15(11-6-2-1-3-7-11)13-10-19-14-9-5-4-8-12(14)16(13)18/h1-9,13,16,18H,10H2/t13-,16+/m0/s1. The summed E-state index contributed by atoms with van der Waals surface area (Å²) in [5, 5.41) is 10.4. The molecule has 1 aliphatic rings. The van der Waals surface area contributed by atoms with Crippen LogP contribution in [0.25, 0.3) is 0 Å². The van der Waals surface area contributed by atoms with E-state index in [1.807, 2.05) is 36.4 Å². The normalized spacial score (nSPS) is 21.3. The Balaban J connectivity index is 1.90. The van der Waals surface area contributed by atoms with Crippen molar-refractivity contribution in [1.82, 2.24) is 0 Å². The lowest BCUT2D eigenvalue weighted by Gasteiger charge is -2.29. The number of Topliss-reactive ketones (excluding diaryl/α,β-unsaturated/α-hetero) is 1. The zero-order chi connectivity index (χ0) is 13.2. The van der Waals surface area contributed by atoms with Crippen LogP contribution in [0.5, 0.6) is 5.75 Å². The van der Waals surface area contributed by atoms with E-state index in [2.05, 4.69) is 0 Å². The molecule has 0 unspecified atom stereocenters. The number of aliphatic hydroxyl groups excluding tert-OH is 1. The molecule has 96 valence electrons. The van der Waals surface area contributed by atoms with E-state index in [1.165, 1.54) is 0 Å². The number of hydrogen-bond acceptors (Lipinski definition) is 3. The summed E-state index contributed by atoms with van der Waals surface area (Å²) in [5.41, 5.74) is 1.29. The van der Waals surface area contributed by atoms with Crippen LogP contribution < -0.4 is 4.74 Å². The molecule has 0 aromatic heterocycles. The molecule has 0 saturated carbocycles. The highest BCUT2D eigenvalue weighted by Gasteiger charge is 2.34. The van der Waals surface area contributed by atoms with Gasteiger partial charge in [0.15, 0.2) is 5.78 Å². The van der Waals surface area contributed by atoms with Crippen LogP contribution >= 0.6 is 0 Å². The van der Waals surface area contributed by atoms with Gasteiger partial charge in [-0.1, -0.05) is 48.5 Å². The summed E-state index contributed by atoms with van der Waals surface area (Å²) in [5.74, 6) is 0.0343. The monoisotopic (exact) mass is 254 g/mol. The minimum atomic E-state index is -0.808. The zero-order valence-electron chi connectivity index (χ0n) is 10.3. The first kappa shape index (κ1) is 11.9. The number of rotatable bonds is 2. The topological polar surface area (TPSA) is 46.5 Å². The fraction of sp³-hybridized carbons (Fsp3) is 0.188. The third kappa shape index (κ3) is 2.13. The van der Waals surface area contributed by atoms with E-state index >= 15 is 0 Å². The Morgan fingerprint density at radius 1 is 1.05 bits per heavy atom. The molecule has 2 aromatic rings. The zero-order valence-corrected chi connectivity index (χ0v) is 10.3. The van der Waals surface area contributed by atoms with Crippen LogP contribution in [-0.2, 0) is 0 Å². The summed E-state index contributed by atoms with van der Waals surface area (Å²) in [6.45, 7) is 0.214. The maximum atomic E-state index is 12.4. The third-order valence-corrected chi connectivity index (χ3v) is 3.43. The molecule has 0 aliphatic carbocycles. The van der Waals surface area contributed by atoms with Crippen LogP contribution in [0.1, 0.15) is 22.0 Å². The molecule has 0 amide bonds. The van der Waals surface area contributed by atoms with E-state index in [9.17, 15) is 9.90 Å². The highest BCUT2D eigenvalue weighted by molar-refractivity contribution is 5.98. The minimum Gasteiger partial charge on any atom is -0.492 e. The summed E-state index contributed by atoms with van der Waals surface area (Å²) in [4.78, 5) is 12.4. The van der Waals surface area contributed by atoms with Crippen molar-refractivity contribution < 1.29 is 14.6 Å².